The minimum absolute atomic E-state index is 0.146. The molecule has 17 heavy (non-hydrogen) atoms. The van der Waals surface area contributed by atoms with Crippen molar-refractivity contribution in [3.05, 3.63) is 35.9 Å². The summed E-state index contributed by atoms with van der Waals surface area (Å²) in [6, 6.07) is 10.6. The monoisotopic (exact) mass is 234 g/mol. The maximum atomic E-state index is 10.7. The number of rotatable bonds is 4. The summed E-state index contributed by atoms with van der Waals surface area (Å²) in [6.07, 6.45) is 0.955. The molecule has 1 heterocycles. The van der Waals surface area contributed by atoms with Gasteiger partial charge in [-0.3, -0.25) is 9.69 Å². The van der Waals surface area contributed by atoms with Crippen molar-refractivity contribution in [2.45, 2.75) is 12.5 Å². The summed E-state index contributed by atoms with van der Waals surface area (Å²) in [4.78, 5) is 12.7. The molecule has 2 N–H and O–H groups in total. The predicted octanol–water partition coefficient (Wildman–Crippen LogP) is 0.588. The summed E-state index contributed by atoms with van der Waals surface area (Å²) in [5.74, 6) is -0.745. The van der Waals surface area contributed by atoms with E-state index in [4.69, 9.17) is 5.11 Å². The van der Waals surface area contributed by atoms with E-state index in [-0.39, 0.29) is 6.54 Å². The van der Waals surface area contributed by atoms with Crippen LogP contribution in [-0.4, -0.2) is 48.2 Å². The molecule has 2 rings (SSSR count). The van der Waals surface area contributed by atoms with E-state index in [9.17, 15) is 4.79 Å². The Morgan fingerprint density at radius 3 is 2.88 bits per heavy atom. The van der Waals surface area contributed by atoms with Crippen molar-refractivity contribution >= 4 is 5.97 Å². The SMILES string of the molecule is O=C(O)CN1CCNC(Cc2ccccc2)C1. The van der Waals surface area contributed by atoms with Crippen molar-refractivity contribution in [1.82, 2.24) is 10.2 Å². The smallest absolute Gasteiger partial charge is 0.317 e. The number of carboxylic acid groups (broad SMARTS) is 1. The summed E-state index contributed by atoms with van der Waals surface area (Å²) < 4.78 is 0. The molecule has 0 aliphatic carbocycles. The largest absolute Gasteiger partial charge is 0.480 e. The van der Waals surface area contributed by atoms with Gasteiger partial charge in [-0.15, -0.1) is 0 Å². The fraction of sp³-hybridized carbons (Fsp3) is 0.462. The first-order chi connectivity index (χ1) is 8.24. The molecule has 1 aliphatic heterocycles. The van der Waals surface area contributed by atoms with Crippen LogP contribution < -0.4 is 5.32 Å². The van der Waals surface area contributed by atoms with E-state index in [1.807, 2.05) is 23.1 Å². The van der Waals surface area contributed by atoms with Crippen LogP contribution in [0, 0.1) is 0 Å². The summed E-state index contributed by atoms with van der Waals surface area (Å²) in [5, 5.41) is 12.2. The van der Waals surface area contributed by atoms with Crippen molar-refractivity contribution in [3.8, 4) is 0 Å². The lowest BCUT2D eigenvalue weighted by molar-refractivity contribution is -0.138. The fourth-order valence-electron chi connectivity index (χ4n) is 2.26. The molecule has 1 fully saturated rings. The van der Waals surface area contributed by atoms with Crippen LogP contribution in [0.25, 0.3) is 0 Å². The Labute approximate surface area is 101 Å². The Hall–Kier alpha value is -1.39. The van der Waals surface area contributed by atoms with E-state index in [1.54, 1.807) is 0 Å². The molecule has 0 bridgehead atoms. The highest BCUT2D eigenvalue weighted by molar-refractivity contribution is 5.69. The highest BCUT2D eigenvalue weighted by atomic mass is 16.4. The number of nitrogens with one attached hydrogen (secondary N) is 1. The Morgan fingerprint density at radius 1 is 1.41 bits per heavy atom. The van der Waals surface area contributed by atoms with Gasteiger partial charge in [0.1, 0.15) is 0 Å². The van der Waals surface area contributed by atoms with Crippen LogP contribution in [0.3, 0.4) is 0 Å². The maximum Gasteiger partial charge on any atom is 0.317 e. The lowest BCUT2D eigenvalue weighted by Crippen LogP contribution is -2.52. The topological polar surface area (TPSA) is 52.6 Å². The van der Waals surface area contributed by atoms with E-state index >= 15 is 0 Å². The lowest BCUT2D eigenvalue weighted by atomic mass is 10.0. The van der Waals surface area contributed by atoms with Gasteiger partial charge < -0.3 is 10.4 Å². The summed E-state index contributed by atoms with van der Waals surface area (Å²) in [5.41, 5.74) is 1.29. The van der Waals surface area contributed by atoms with Gasteiger partial charge >= 0.3 is 5.97 Å². The van der Waals surface area contributed by atoms with E-state index < -0.39 is 5.97 Å². The van der Waals surface area contributed by atoms with Gasteiger partial charge in [-0.05, 0) is 12.0 Å². The molecule has 1 atom stereocenters. The number of carbonyl (C=O) groups is 1. The molecule has 0 aromatic heterocycles. The van der Waals surface area contributed by atoms with Gasteiger partial charge in [-0.1, -0.05) is 30.3 Å². The van der Waals surface area contributed by atoms with E-state index in [1.165, 1.54) is 5.56 Å². The third kappa shape index (κ3) is 3.84. The molecule has 4 nitrogen and oxygen atoms in total. The zero-order valence-electron chi connectivity index (χ0n) is 9.80. The quantitative estimate of drug-likeness (QED) is 0.800. The third-order valence-corrected chi connectivity index (χ3v) is 3.02. The van der Waals surface area contributed by atoms with Crippen LogP contribution in [0.2, 0.25) is 0 Å². The molecule has 0 saturated carbocycles. The standard InChI is InChI=1S/C13H18N2O2/c16-13(17)10-15-7-6-14-12(9-15)8-11-4-2-1-3-5-11/h1-5,12,14H,6-10H2,(H,16,17). The second kappa shape index (κ2) is 5.80. The zero-order chi connectivity index (χ0) is 12.1. The second-order valence-corrected chi connectivity index (χ2v) is 4.47. The molecule has 1 aromatic carbocycles. The number of hydrogen-bond donors (Lipinski definition) is 2. The zero-order valence-corrected chi connectivity index (χ0v) is 9.80. The van der Waals surface area contributed by atoms with Gasteiger partial charge in [-0.2, -0.15) is 0 Å². The Kier molecular flexibility index (Phi) is 4.12. The first-order valence-corrected chi connectivity index (χ1v) is 5.95. The minimum Gasteiger partial charge on any atom is -0.480 e. The highest BCUT2D eigenvalue weighted by Crippen LogP contribution is 2.07. The molecule has 1 aliphatic rings. The molecular weight excluding hydrogens is 216 g/mol. The molecular formula is C13H18N2O2. The lowest BCUT2D eigenvalue weighted by Gasteiger charge is -2.32. The van der Waals surface area contributed by atoms with Crippen molar-refractivity contribution < 1.29 is 9.90 Å². The molecule has 0 spiro atoms. The van der Waals surface area contributed by atoms with Crippen molar-refractivity contribution in [2.24, 2.45) is 0 Å². The van der Waals surface area contributed by atoms with Crippen LogP contribution >= 0.6 is 0 Å². The molecule has 92 valence electrons. The Balaban J connectivity index is 1.87. The summed E-state index contributed by atoms with van der Waals surface area (Å²) in [6.45, 7) is 2.64. The van der Waals surface area contributed by atoms with Crippen molar-refractivity contribution in [3.63, 3.8) is 0 Å². The van der Waals surface area contributed by atoms with E-state index in [2.05, 4.69) is 17.4 Å². The van der Waals surface area contributed by atoms with Crippen molar-refractivity contribution in [1.29, 1.82) is 0 Å². The molecule has 0 amide bonds. The van der Waals surface area contributed by atoms with Crippen LogP contribution in [0.15, 0.2) is 30.3 Å². The van der Waals surface area contributed by atoms with Gasteiger partial charge in [0.15, 0.2) is 0 Å². The van der Waals surface area contributed by atoms with Gasteiger partial charge in [0, 0.05) is 25.7 Å². The predicted molar refractivity (Wildman–Crippen MR) is 66.0 cm³/mol. The van der Waals surface area contributed by atoms with Gasteiger partial charge in [-0.25, -0.2) is 0 Å². The number of nitrogens with zero attached hydrogens (tertiary/aromatic N) is 1. The van der Waals surface area contributed by atoms with E-state index in [0.717, 1.165) is 26.1 Å². The maximum absolute atomic E-state index is 10.7. The fourth-order valence-corrected chi connectivity index (χ4v) is 2.26. The molecule has 1 aromatic rings. The normalized spacial score (nSPS) is 21.3. The Morgan fingerprint density at radius 2 is 2.18 bits per heavy atom. The number of carboxylic acids is 1. The van der Waals surface area contributed by atoms with Gasteiger partial charge in [0.05, 0.1) is 6.54 Å². The molecule has 4 heteroatoms. The number of piperazine rings is 1. The van der Waals surface area contributed by atoms with Crippen LogP contribution in [0.4, 0.5) is 0 Å². The number of hydrogen-bond acceptors (Lipinski definition) is 3. The van der Waals surface area contributed by atoms with Crippen molar-refractivity contribution in [2.75, 3.05) is 26.2 Å². The number of benzene rings is 1. The first-order valence-electron chi connectivity index (χ1n) is 5.95. The highest BCUT2D eigenvalue weighted by Gasteiger charge is 2.20. The van der Waals surface area contributed by atoms with Gasteiger partial charge in [0.25, 0.3) is 0 Å². The second-order valence-electron chi connectivity index (χ2n) is 4.47. The average Bonchev–Trinajstić information content (AvgIpc) is 2.30. The van der Waals surface area contributed by atoms with E-state index in [0.29, 0.717) is 6.04 Å². The summed E-state index contributed by atoms with van der Waals surface area (Å²) >= 11 is 0. The molecule has 1 saturated heterocycles. The third-order valence-electron chi connectivity index (χ3n) is 3.02. The van der Waals surface area contributed by atoms with Crippen LogP contribution in [-0.2, 0) is 11.2 Å². The molecule has 0 radical (unpaired) electrons. The average molecular weight is 234 g/mol. The Bertz CT molecular complexity index is 367. The molecule has 1 unspecified atom stereocenters. The minimum atomic E-state index is -0.745. The van der Waals surface area contributed by atoms with Crippen LogP contribution in [0.1, 0.15) is 5.56 Å². The van der Waals surface area contributed by atoms with Gasteiger partial charge in [0.2, 0.25) is 0 Å². The number of aliphatic carboxylic acids is 1. The summed E-state index contributed by atoms with van der Waals surface area (Å²) in [7, 11) is 0. The van der Waals surface area contributed by atoms with Crippen LogP contribution in [0.5, 0.6) is 0 Å². The first kappa shape index (κ1) is 12.1.